The predicted octanol–water partition coefficient (Wildman–Crippen LogP) is 4.20. The lowest BCUT2D eigenvalue weighted by molar-refractivity contribution is 1.23. The molecule has 116 valence electrons. The second-order valence-electron chi connectivity index (χ2n) is 5.92. The van der Waals surface area contributed by atoms with Crippen molar-refractivity contribution in [3.05, 3.63) is 82.4 Å². The molecule has 0 saturated carbocycles. The zero-order valence-corrected chi connectivity index (χ0v) is 13.8. The third kappa shape index (κ3) is 3.81. The first-order chi connectivity index (χ1) is 11.3. The first-order valence-corrected chi connectivity index (χ1v) is 8.26. The van der Waals surface area contributed by atoms with E-state index in [9.17, 15) is 0 Å². The molecule has 0 bridgehead atoms. The van der Waals surface area contributed by atoms with Crippen LogP contribution in [0.15, 0.2) is 60.7 Å². The Bertz CT molecular complexity index is 868. The minimum atomic E-state index is 0.955. The van der Waals surface area contributed by atoms with E-state index in [2.05, 4.69) is 91.6 Å². The number of aromatic amines is 1. The van der Waals surface area contributed by atoms with Gasteiger partial charge in [-0.1, -0.05) is 79.2 Å². The van der Waals surface area contributed by atoms with Crippen LogP contribution in [0.3, 0.4) is 0 Å². The van der Waals surface area contributed by atoms with Gasteiger partial charge in [-0.05, 0) is 42.2 Å². The van der Waals surface area contributed by atoms with Crippen LogP contribution in [-0.4, -0.2) is 4.98 Å². The van der Waals surface area contributed by atoms with E-state index in [1.807, 2.05) is 0 Å². The first kappa shape index (κ1) is 15.4. The molecule has 0 fully saturated rings. The smallest absolute Gasteiger partial charge is 0.0464 e. The number of hydrogen-bond donors (Lipinski definition) is 1. The van der Waals surface area contributed by atoms with Crippen molar-refractivity contribution in [3.8, 4) is 11.3 Å². The average Bonchev–Trinajstić information content (AvgIpc) is 2.98. The molecule has 0 aliphatic heterocycles. The molecule has 3 aromatic rings. The van der Waals surface area contributed by atoms with E-state index in [1.54, 1.807) is 0 Å². The number of hydrogen-bond acceptors (Lipinski definition) is 0. The summed E-state index contributed by atoms with van der Waals surface area (Å²) in [6, 6.07) is 21.5. The van der Waals surface area contributed by atoms with Gasteiger partial charge >= 0.3 is 0 Å². The highest BCUT2D eigenvalue weighted by Crippen LogP contribution is 2.15. The Labute approximate surface area is 138 Å². The highest BCUT2D eigenvalue weighted by molar-refractivity contribution is 5.60. The van der Waals surface area contributed by atoms with Crippen LogP contribution in [0.1, 0.15) is 24.5 Å². The Morgan fingerprint density at radius 2 is 1.65 bits per heavy atom. The molecule has 0 unspecified atom stereocenters. The van der Waals surface area contributed by atoms with E-state index in [1.165, 1.54) is 33.0 Å². The third-order valence-corrected chi connectivity index (χ3v) is 4.05. The molecule has 1 nitrogen and oxygen atoms in total. The SMILES string of the molecule is CC/C=c1/[nH]c(-c2ccc(C)cc2)c/c1=C/Cc1ccccc1. The molecule has 0 aliphatic rings. The Morgan fingerprint density at radius 1 is 0.913 bits per heavy atom. The normalized spacial score (nSPS) is 12.8. The lowest BCUT2D eigenvalue weighted by Gasteiger charge is -1.97. The largest absolute Gasteiger partial charge is 0.355 e. The molecule has 2 aromatic carbocycles. The Morgan fingerprint density at radius 3 is 2.35 bits per heavy atom. The van der Waals surface area contributed by atoms with Crippen molar-refractivity contribution in [1.29, 1.82) is 0 Å². The molecule has 23 heavy (non-hydrogen) atoms. The van der Waals surface area contributed by atoms with Crippen LogP contribution in [0, 0.1) is 6.92 Å². The number of aromatic nitrogens is 1. The van der Waals surface area contributed by atoms with Gasteiger partial charge in [0.15, 0.2) is 0 Å². The lowest BCUT2D eigenvalue weighted by atomic mass is 10.1. The summed E-state index contributed by atoms with van der Waals surface area (Å²) in [5.41, 5.74) is 5.05. The quantitative estimate of drug-likeness (QED) is 0.743. The van der Waals surface area contributed by atoms with Gasteiger partial charge in [0.2, 0.25) is 0 Å². The van der Waals surface area contributed by atoms with Gasteiger partial charge in [-0.3, -0.25) is 0 Å². The number of H-pyrrole nitrogens is 1. The van der Waals surface area contributed by atoms with Gasteiger partial charge in [-0.25, -0.2) is 0 Å². The average molecular weight is 301 g/mol. The molecule has 0 aliphatic carbocycles. The molecule has 1 heteroatoms. The van der Waals surface area contributed by atoms with Crippen LogP contribution in [0.5, 0.6) is 0 Å². The summed E-state index contributed by atoms with van der Waals surface area (Å²) >= 11 is 0. The first-order valence-electron chi connectivity index (χ1n) is 8.26. The fraction of sp³-hybridized carbons (Fsp3) is 0.182. The van der Waals surface area contributed by atoms with Crippen molar-refractivity contribution in [2.24, 2.45) is 0 Å². The maximum atomic E-state index is 3.57. The van der Waals surface area contributed by atoms with E-state index in [0.29, 0.717) is 0 Å². The second-order valence-corrected chi connectivity index (χ2v) is 5.92. The molecule has 0 atom stereocenters. The van der Waals surface area contributed by atoms with E-state index in [4.69, 9.17) is 0 Å². The van der Waals surface area contributed by atoms with E-state index < -0.39 is 0 Å². The minimum absolute atomic E-state index is 0.955. The van der Waals surface area contributed by atoms with E-state index in [-0.39, 0.29) is 0 Å². The molecular weight excluding hydrogens is 278 g/mol. The van der Waals surface area contributed by atoms with E-state index >= 15 is 0 Å². The lowest BCUT2D eigenvalue weighted by Crippen LogP contribution is -2.22. The number of aryl methyl sites for hydroxylation is 1. The Kier molecular flexibility index (Phi) is 4.77. The van der Waals surface area contributed by atoms with Gasteiger partial charge in [0.1, 0.15) is 0 Å². The summed E-state index contributed by atoms with van der Waals surface area (Å²) < 4.78 is 0. The van der Waals surface area contributed by atoms with Crippen molar-refractivity contribution >= 4 is 12.2 Å². The van der Waals surface area contributed by atoms with Gasteiger partial charge in [-0.15, -0.1) is 0 Å². The fourth-order valence-electron chi connectivity index (χ4n) is 2.76. The zero-order valence-electron chi connectivity index (χ0n) is 13.8. The molecule has 0 amide bonds. The highest BCUT2D eigenvalue weighted by atomic mass is 14.7. The van der Waals surface area contributed by atoms with Gasteiger partial charge < -0.3 is 4.98 Å². The summed E-state index contributed by atoms with van der Waals surface area (Å²) in [7, 11) is 0. The minimum Gasteiger partial charge on any atom is -0.355 e. The van der Waals surface area contributed by atoms with Crippen molar-refractivity contribution in [3.63, 3.8) is 0 Å². The van der Waals surface area contributed by atoms with Gasteiger partial charge in [0.25, 0.3) is 0 Å². The van der Waals surface area contributed by atoms with Crippen LogP contribution in [0.4, 0.5) is 0 Å². The molecule has 0 spiro atoms. The molecule has 3 rings (SSSR count). The Hall–Kier alpha value is -2.54. The molecule has 1 aromatic heterocycles. The molecule has 1 heterocycles. The summed E-state index contributed by atoms with van der Waals surface area (Å²) in [5.74, 6) is 0. The zero-order chi connectivity index (χ0) is 16.1. The fourth-order valence-corrected chi connectivity index (χ4v) is 2.76. The summed E-state index contributed by atoms with van der Waals surface area (Å²) in [4.78, 5) is 3.57. The summed E-state index contributed by atoms with van der Waals surface area (Å²) in [6.45, 7) is 4.29. The molecule has 0 saturated heterocycles. The van der Waals surface area contributed by atoms with Crippen molar-refractivity contribution in [1.82, 2.24) is 4.98 Å². The number of rotatable bonds is 4. The van der Waals surface area contributed by atoms with E-state index in [0.717, 1.165) is 12.8 Å². The second kappa shape index (κ2) is 7.15. The van der Waals surface area contributed by atoms with Crippen LogP contribution in [0.25, 0.3) is 23.4 Å². The molecular formula is C22H23N. The van der Waals surface area contributed by atoms with Crippen molar-refractivity contribution in [2.75, 3.05) is 0 Å². The summed E-state index contributed by atoms with van der Waals surface area (Å²) in [6.07, 6.45) is 6.55. The molecule has 0 radical (unpaired) electrons. The maximum Gasteiger partial charge on any atom is 0.0464 e. The third-order valence-electron chi connectivity index (χ3n) is 4.05. The van der Waals surface area contributed by atoms with Crippen LogP contribution in [0.2, 0.25) is 0 Å². The highest BCUT2D eigenvalue weighted by Gasteiger charge is 2.00. The predicted molar refractivity (Wildman–Crippen MR) is 99.6 cm³/mol. The Balaban J connectivity index is 1.99. The van der Waals surface area contributed by atoms with Gasteiger partial charge in [0.05, 0.1) is 0 Å². The van der Waals surface area contributed by atoms with Crippen molar-refractivity contribution < 1.29 is 0 Å². The standard InChI is InChI=1S/C22H23N/c1-3-7-21-20(15-12-18-8-5-4-6-9-18)16-22(23-21)19-13-10-17(2)11-14-19/h4-11,13-16,23H,3,12H2,1-2H3/b20-15-,21-7+. The number of nitrogens with one attached hydrogen (secondary N) is 1. The topological polar surface area (TPSA) is 15.8 Å². The number of benzene rings is 2. The van der Waals surface area contributed by atoms with Crippen LogP contribution < -0.4 is 10.6 Å². The van der Waals surface area contributed by atoms with Crippen LogP contribution in [-0.2, 0) is 6.42 Å². The van der Waals surface area contributed by atoms with Gasteiger partial charge in [-0.2, -0.15) is 0 Å². The maximum absolute atomic E-state index is 3.57. The van der Waals surface area contributed by atoms with Crippen LogP contribution >= 0.6 is 0 Å². The van der Waals surface area contributed by atoms with Gasteiger partial charge in [0, 0.05) is 11.0 Å². The monoisotopic (exact) mass is 301 g/mol. The van der Waals surface area contributed by atoms with Crippen molar-refractivity contribution in [2.45, 2.75) is 26.7 Å². The summed E-state index contributed by atoms with van der Waals surface area (Å²) in [5, 5.41) is 2.50. The molecule has 1 N–H and O–H groups in total.